The van der Waals surface area contributed by atoms with Gasteiger partial charge in [0.15, 0.2) is 0 Å². The van der Waals surface area contributed by atoms with Crippen LogP contribution in [0.25, 0.3) is 0 Å². The van der Waals surface area contributed by atoms with Crippen LogP contribution in [0.15, 0.2) is 30.3 Å². The molecular weight excluding hydrogens is 338 g/mol. The highest BCUT2D eigenvalue weighted by atomic mass is 16.5. The minimum absolute atomic E-state index is 0.0370. The van der Waals surface area contributed by atoms with Gasteiger partial charge in [0.1, 0.15) is 17.2 Å². The Morgan fingerprint density at radius 1 is 1.07 bits per heavy atom. The lowest BCUT2D eigenvalue weighted by molar-refractivity contribution is -0.116. The van der Waals surface area contributed by atoms with E-state index in [4.69, 9.17) is 9.47 Å². The van der Waals surface area contributed by atoms with Gasteiger partial charge in [0.05, 0.1) is 7.11 Å². The maximum Gasteiger partial charge on any atom is 0.224 e. The first-order chi connectivity index (χ1) is 12.7. The summed E-state index contributed by atoms with van der Waals surface area (Å²) in [7, 11) is 1.69. The number of ether oxygens (including phenoxy) is 2. The van der Waals surface area contributed by atoms with Crippen molar-refractivity contribution in [1.29, 1.82) is 0 Å². The zero-order chi connectivity index (χ0) is 20.2. The molecule has 2 aromatic rings. The summed E-state index contributed by atoms with van der Waals surface area (Å²) in [6.07, 6.45) is 1.36. The van der Waals surface area contributed by atoms with Crippen LogP contribution in [0.4, 0.5) is 5.69 Å². The first-order valence-corrected chi connectivity index (χ1v) is 9.43. The second-order valence-corrected chi connectivity index (χ2v) is 7.95. The number of rotatable bonds is 6. The SMILES string of the molecule is CCCC(=O)Nc1cc(C)c(Oc2ccc(OC)c(C(C)(C)C)c2)c(C)c1. The van der Waals surface area contributed by atoms with Crippen LogP contribution in [0.3, 0.4) is 0 Å². The summed E-state index contributed by atoms with van der Waals surface area (Å²) in [5.41, 5.74) is 3.81. The van der Waals surface area contributed by atoms with Crippen LogP contribution in [0.5, 0.6) is 17.2 Å². The second kappa shape index (κ2) is 8.47. The number of anilines is 1. The zero-order valence-electron chi connectivity index (χ0n) is 17.5. The largest absolute Gasteiger partial charge is 0.496 e. The van der Waals surface area contributed by atoms with Crippen LogP contribution in [-0.2, 0) is 10.2 Å². The van der Waals surface area contributed by atoms with Gasteiger partial charge in [0.25, 0.3) is 0 Å². The molecule has 4 heteroatoms. The molecule has 2 rings (SSSR count). The van der Waals surface area contributed by atoms with Crippen LogP contribution in [-0.4, -0.2) is 13.0 Å². The highest BCUT2D eigenvalue weighted by molar-refractivity contribution is 5.91. The average molecular weight is 370 g/mol. The van der Waals surface area contributed by atoms with E-state index in [1.807, 2.05) is 51.1 Å². The Balaban J connectivity index is 2.31. The zero-order valence-corrected chi connectivity index (χ0v) is 17.5. The number of hydrogen-bond donors (Lipinski definition) is 1. The van der Waals surface area contributed by atoms with Gasteiger partial charge in [0, 0.05) is 17.7 Å². The summed E-state index contributed by atoms with van der Waals surface area (Å²) in [4.78, 5) is 11.8. The predicted octanol–water partition coefficient (Wildman–Crippen LogP) is 6.14. The Morgan fingerprint density at radius 2 is 1.70 bits per heavy atom. The first kappa shape index (κ1) is 20.8. The summed E-state index contributed by atoms with van der Waals surface area (Å²) < 4.78 is 11.7. The lowest BCUT2D eigenvalue weighted by Crippen LogP contribution is -2.13. The topological polar surface area (TPSA) is 47.6 Å². The molecule has 0 aliphatic carbocycles. The van der Waals surface area contributed by atoms with Crippen molar-refractivity contribution >= 4 is 11.6 Å². The molecule has 0 aliphatic heterocycles. The minimum Gasteiger partial charge on any atom is -0.496 e. The van der Waals surface area contributed by atoms with Crippen molar-refractivity contribution < 1.29 is 14.3 Å². The Hall–Kier alpha value is -2.49. The van der Waals surface area contributed by atoms with Gasteiger partial charge in [-0.15, -0.1) is 0 Å². The molecule has 0 unspecified atom stereocenters. The lowest BCUT2D eigenvalue weighted by atomic mass is 9.86. The Morgan fingerprint density at radius 3 is 2.22 bits per heavy atom. The molecule has 2 aromatic carbocycles. The Kier molecular flexibility index (Phi) is 6.53. The molecule has 0 atom stereocenters. The van der Waals surface area contributed by atoms with Crippen LogP contribution in [0.1, 0.15) is 57.2 Å². The normalized spacial score (nSPS) is 11.2. The van der Waals surface area contributed by atoms with Crippen LogP contribution >= 0.6 is 0 Å². The van der Waals surface area contributed by atoms with Gasteiger partial charge >= 0.3 is 0 Å². The van der Waals surface area contributed by atoms with Gasteiger partial charge in [0.2, 0.25) is 5.91 Å². The third-order valence-electron chi connectivity index (χ3n) is 4.42. The number of aryl methyl sites for hydroxylation is 2. The van der Waals surface area contributed by atoms with Crippen molar-refractivity contribution in [3.05, 3.63) is 47.0 Å². The van der Waals surface area contributed by atoms with E-state index in [0.29, 0.717) is 6.42 Å². The Labute approximate surface area is 162 Å². The third-order valence-corrected chi connectivity index (χ3v) is 4.42. The summed E-state index contributed by atoms with van der Waals surface area (Å²) in [6, 6.07) is 9.80. The number of methoxy groups -OCH3 is 1. The molecule has 0 aliphatic rings. The maximum atomic E-state index is 11.8. The third kappa shape index (κ3) is 5.25. The summed E-state index contributed by atoms with van der Waals surface area (Å²) in [5.74, 6) is 2.48. The monoisotopic (exact) mass is 369 g/mol. The van der Waals surface area contributed by atoms with Crippen molar-refractivity contribution in [3.63, 3.8) is 0 Å². The van der Waals surface area contributed by atoms with Crippen molar-refractivity contribution in [1.82, 2.24) is 0 Å². The fourth-order valence-electron chi connectivity index (χ4n) is 3.09. The van der Waals surface area contributed by atoms with Crippen LogP contribution < -0.4 is 14.8 Å². The standard InChI is InChI=1S/C23H31NO3/c1-8-9-21(25)24-17-12-15(2)22(16(3)13-17)27-18-10-11-20(26-7)19(14-18)23(4,5)6/h10-14H,8-9H2,1-7H3,(H,24,25). The molecule has 4 nitrogen and oxygen atoms in total. The molecule has 0 spiro atoms. The van der Waals surface area contributed by atoms with Crippen molar-refractivity contribution in [2.24, 2.45) is 0 Å². The van der Waals surface area contributed by atoms with E-state index in [2.05, 4.69) is 26.1 Å². The molecule has 0 aromatic heterocycles. The maximum absolute atomic E-state index is 11.8. The van der Waals surface area contributed by atoms with Crippen molar-refractivity contribution in [2.45, 2.75) is 59.8 Å². The van der Waals surface area contributed by atoms with E-state index >= 15 is 0 Å². The predicted molar refractivity (Wildman–Crippen MR) is 111 cm³/mol. The van der Waals surface area contributed by atoms with Crippen LogP contribution in [0.2, 0.25) is 0 Å². The van der Waals surface area contributed by atoms with Gasteiger partial charge < -0.3 is 14.8 Å². The van der Waals surface area contributed by atoms with E-state index in [1.54, 1.807) is 7.11 Å². The molecule has 0 fully saturated rings. The van der Waals surface area contributed by atoms with Crippen LogP contribution in [0, 0.1) is 13.8 Å². The Bertz CT molecular complexity index is 796. The summed E-state index contributed by atoms with van der Waals surface area (Å²) in [6.45, 7) is 12.4. The molecule has 1 amide bonds. The van der Waals surface area contributed by atoms with Gasteiger partial charge in [-0.3, -0.25) is 4.79 Å². The average Bonchev–Trinajstić information content (AvgIpc) is 2.57. The molecule has 0 radical (unpaired) electrons. The van der Waals surface area contributed by atoms with E-state index in [0.717, 1.165) is 46.0 Å². The number of benzene rings is 2. The molecule has 0 heterocycles. The quantitative estimate of drug-likeness (QED) is 0.665. The number of amides is 1. The summed E-state index contributed by atoms with van der Waals surface area (Å²) >= 11 is 0. The van der Waals surface area contributed by atoms with E-state index in [9.17, 15) is 4.79 Å². The first-order valence-electron chi connectivity index (χ1n) is 9.43. The molecule has 0 saturated carbocycles. The molecule has 27 heavy (non-hydrogen) atoms. The van der Waals surface area contributed by atoms with E-state index < -0.39 is 0 Å². The number of carbonyl (C=O) groups excluding carboxylic acids is 1. The lowest BCUT2D eigenvalue weighted by Gasteiger charge is -2.23. The number of carbonyl (C=O) groups is 1. The molecule has 146 valence electrons. The molecule has 0 saturated heterocycles. The van der Waals surface area contributed by atoms with E-state index in [1.165, 1.54) is 0 Å². The molecular formula is C23H31NO3. The van der Waals surface area contributed by atoms with Gasteiger partial charge in [-0.2, -0.15) is 0 Å². The van der Waals surface area contributed by atoms with E-state index in [-0.39, 0.29) is 11.3 Å². The highest BCUT2D eigenvalue weighted by Crippen LogP contribution is 2.37. The van der Waals surface area contributed by atoms with Gasteiger partial charge in [-0.25, -0.2) is 0 Å². The summed E-state index contributed by atoms with van der Waals surface area (Å²) in [5, 5.41) is 2.95. The van der Waals surface area contributed by atoms with Gasteiger partial charge in [-0.05, 0) is 67.1 Å². The van der Waals surface area contributed by atoms with Crippen molar-refractivity contribution in [2.75, 3.05) is 12.4 Å². The smallest absolute Gasteiger partial charge is 0.224 e. The fourth-order valence-corrected chi connectivity index (χ4v) is 3.09. The number of nitrogens with one attached hydrogen (secondary N) is 1. The minimum atomic E-state index is -0.0534. The van der Waals surface area contributed by atoms with Crippen molar-refractivity contribution in [3.8, 4) is 17.2 Å². The number of hydrogen-bond acceptors (Lipinski definition) is 3. The molecule has 1 N–H and O–H groups in total. The van der Waals surface area contributed by atoms with Gasteiger partial charge in [-0.1, -0.05) is 27.7 Å². The molecule has 0 bridgehead atoms. The second-order valence-electron chi connectivity index (χ2n) is 7.95. The highest BCUT2D eigenvalue weighted by Gasteiger charge is 2.20. The fraction of sp³-hybridized carbons (Fsp3) is 0.435.